The molecule has 25 heavy (non-hydrogen) atoms. The van der Waals surface area contributed by atoms with Crippen LogP contribution in [0, 0.1) is 13.8 Å². The van der Waals surface area contributed by atoms with Gasteiger partial charge in [0, 0.05) is 0 Å². The SMILES string of the molecule is Cc1cccc(-n2nnnc2SCc2nnc(-c3ccco3)o2)c1C. The lowest BCUT2D eigenvalue weighted by Gasteiger charge is -2.08. The van der Waals surface area contributed by atoms with Crippen LogP contribution in [0.2, 0.25) is 0 Å². The number of hydrogen-bond acceptors (Lipinski definition) is 8. The van der Waals surface area contributed by atoms with Gasteiger partial charge in [-0.2, -0.15) is 4.68 Å². The first kappa shape index (κ1) is 15.6. The molecule has 0 fully saturated rings. The van der Waals surface area contributed by atoms with E-state index in [2.05, 4.69) is 45.6 Å². The Labute approximate surface area is 147 Å². The van der Waals surface area contributed by atoms with E-state index in [0.29, 0.717) is 28.5 Å². The van der Waals surface area contributed by atoms with E-state index in [1.807, 2.05) is 12.1 Å². The van der Waals surface area contributed by atoms with Crippen molar-refractivity contribution >= 4 is 11.8 Å². The second-order valence-corrected chi connectivity index (χ2v) is 6.30. The van der Waals surface area contributed by atoms with Crippen LogP contribution in [-0.4, -0.2) is 30.4 Å². The fourth-order valence-electron chi connectivity index (χ4n) is 2.32. The molecular weight excluding hydrogens is 340 g/mol. The average Bonchev–Trinajstić information content (AvgIpc) is 3.36. The standard InChI is InChI=1S/C16H14N6O2S/c1-10-5-3-6-12(11(10)2)22-16(19-20-21-22)25-9-14-17-18-15(24-14)13-7-4-8-23-13/h3-8H,9H2,1-2H3. The molecule has 1 aromatic carbocycles. The largest absolute Gasteiger partial charge is 0.459 e. The van der Waals surface area contributed by atoms with Gasteiger partial charge >= 0.3 is 0 Å². The summed E-state index contributed by atoms with van der Waals surface area (Å²) < 4.78 is 12.6. The van der Waals surface area contributed by atoms with Crippen LogP contribution in [-0.2, 0) is 5.75 Å². The molecule has 0 N–H and O–H groups in total. The summed E-state index contributed by atoms with van der Waals surface area (Å²) in [5.74, 6) is 1.84. The van der Waals surface area contributed by atoms with E-state index in [0.717, 1.165) is 11.3 Å². The van der Waals surface area contributed by atoms with E-state index in [1.54, 1.807) is 23.1 Å². The maximum atomic E-state index is 5.60. The molecule has 3 aromatic heterocycles. The predicted molar refractivity (Wildman–Crippen MR) is 90.2 cm³/mol. The highest BCUT2D eigenvalue weighted by Gasteiger charge is 2.15. The molecule has 0 aliphatic heterocycles. The molecule has 0 bridgehead atoms. The number of aromatic nitrogens is 6. The topological polar surface area (TPSA) is 95.7 Å². The van der Waals surface area contributed by atoms with Crippen LogP contribution in [0.3, 0.4) is 0 Å². The Balaban J connectivity index is 1.53. The molecule has 0 spiro atoms. The van der Waals surface area contributed by atoms with Crippen LogP contribution >= 0.6 is 11.8 Å². The Morgan fingerprint density at radius 1 is 1.08 bits per heavy atom. The molecule has 0 radical (unpaired) electrons. The zero-order valence-electron chi connectivity index (χ0n) is 13.6. The normalized spacial score (nSPS) is 11.1. The maximum Gasteiger partial charge on any atom is 0.283 e. The molecular formula is C16H14N6O2S. The number of nitrogens with zero attached hydrogens (tertiary/aromatic N) is 6. The summed E-state index contributed by atoms with van der Waals surface area (Å²) in [5, 5.41) is 20.7. The zero-order valence-corrected chi connectivity index (χ0v) is 14.4. The molecule has 0 atom stereocenters. The molecule has 4 rings (SSSR count). The van der Waals surface area contributed by atoms with Gasteiger partial charge in [-0.3, -0.25) is 0 Å². The number of aryl methyl sites for hydroxylation is 1. The number of thioether (sulfide) groups is 1. The number of furan rings is 1. The van der Waals surface area contributed by atoms with Crippen molar-refractivity contribution in [1.82, 2.24) is 30.4 Å². The van der Waals surface area contributed by atoms with Crippen molar-refractivity contribution in [3.63, 3.8) is 0 Å². The van der Waals surface area contributed by atoms with Gasteiger partial charge in [-0.1, -0.05) is 23.9 Å². The molecule has 4 aromatic rings. The summed E-state index contributed by atoms with van der Waals surface area (Å²) in [6.07, 6.45) is 1.56. The van der Waals surface area contributed by atoms with Gasteiger partial charge in [0.05, 0.1) is 17.7 Å². The lowest BCUT2D eigenvalue weighted by Crippen LogP contribution is -2.02. The van der Waals surface area contributed by atoms with Crippen LogP contribution in [0.1, 0.15) is 17.0 Å². The van der Waals surface area contributed by atoms with Crippen molar-refractivity contribution in [3.05, 3.63) is 53.6 Å². The first-order chi connectivity index (χ1) is 12.2. The van der Waals surface area contributed by atoms with Crippen molar-refractivity contribution < 1.29 is 8.83 Å². The van der Waals surface area contributed by atoms with Gasteiger partial charge in [0.1, 0.15) is 0 Å². The third-order valence-electron chi connectivity index (χ3n) is 3.77. The highest BCUT2D eigenvalue weighted by atomic mass is 32.2. The first-order valence-electron chi connectivity index (χ1n) is 7.56. The van der Waals surface area contributed by atoms with Crippen LogP contribution in [0.5, 0.6) is 0 Å². The summed E-state index contributed by atoms with van der Waals surface area (Å²) in [6.45, 7) is 4.11. The lowest BCUT2D eigenvalue weighted by molar-refractivity contribution is 0.494. The van der Waals surface area contributed by atoms with Crippen molar-refractivity contribution in [2.75, 3.05) is 0 Å². The van der Waals surface area contributed by atoms with Crippen LogP contribution < -0.4 is 0 Å². The van der Waals surface area contributed by atoms with E-state index in [9.17, 15) is 0 Å². The van der Waals surface area contributed by atoms with E-state index in [1.165, 1.54) is 17.3 Å². The van der Waals surface area contributed by atoms with E-state index in [-0.39, 0.29) is 0 Å². The third-order valence-corrected chi connectivity index (χ3v) is 4.67. The second-order valence-electron chi connectivity index (χ2n) is 5.36. The molecule has 0 saturated heterocycles. The fourth-order valence-corrected chi connectivity index (χ4v) is 3.04. The summed E-state index contributed by atoms with van der Waals surface area (Å²) >= 11 is 1.43. The Bertz CT molecular complexity index is 992. The first-order valence-corrected chi connectivity index (χ1v) is 8.55. The second kappa shape index (κ2) is 6.52. The molecule has 0 aliphatic carbocycles. The minimum Gasteiger partial charge on any atom is -0.459 e. The summed E-state index contributed by atoms with van der Waals surface area (Å²) in [7, 11) is 0. The Morgan fingerprint density at radius 2 is 2.00 bits per heavy atom. The van der Waals surface area contributed by atoms with Gasteiger partial charge in [0.25, 0.3) is 5.89 Å². The van der Waals surface area contributed by atoms with Crippen LogP contribution in [0.15, 0.2) is 50.6 Å². The smallest absolute Gasteiger partial charge is 0.283 e. The minimum absolute atomic E-state index is 0.356. The van der Waals surface area contributed by atoms with Gasteiger partial charge < -0.3 is 8.83 Å². The number of tetrazole rings is 1. The minimum atomic E-state index is 0.356. The molecule has 126 valence electrons. The Kier molecular flexibility index (Phi) is 4.06. The number of hydrogen-bond donors (Lipinski definition) is 0. The number of rotatable bonds is 5. The Morgan fingerprint density at radius 3 is 2.84 bits per heavy atom. The summed E-state index contributed by atoms with van der Waals surface area (Å²) in [5.41, 5.74) is 3.27. The zero-order chi connectivity index (χ0) is 17.2. The molecule has 0 unspecified atom stereocenters. The predicted octanol–water partition coefficient (Wildman–Crippen LogP) is 3.21. The van der Waals surface area contributed by atoms with Gasteiger partial charge in [-0.25, -0.2) is 0 Å². The fraction of sp³-hybridized carbons (Fsp3) is 0.188. The van der Waals surface area contributed by atoms with Crippen molar-refractivity contribution in [3.8, 4) is 17.3 Å². The third kappa shape index (κ3) is 3.05. The van der Waals surface area contributed by atoms with Crippen molar-refractivity contribution in [2.24, 2.45) is 0 Å². The maximum absolute atomic E-state index is 5.60. The van der Waals surface area contributed by atoms with Crippen molar-refractivity contribution in [2.45, 2.75) is 24.8 Å². The quantitative estimate of drug-likeness (QED) is 0.504. The van der Waals surface area contributed by atoms with Crippen molar-refractivity contribution in [1.29, 1.82) is 0 Å². The lowest BCUT2D eigenvalue weighted by atomic mass is 10.1. The average molecular weight is 354 g/mol. The molecule has 0 aliphatic rings. The van der Waals surface area contributed by atoms with Crippen LogP contribution in [0.4, 0.5) is 0 Å². The van der Waals surface area contributed by atoms with E-state index in [4.69, 9.17) is 8.83 Å². The van der Waals surface area contributed by atoms with Gasteiger partial charge in [0.2, 0.25) is 11.0 Å². The molecule has 9 heteroatoms. The monoisotopic (exact) mass is 354 g/mol. The van der Waals surface area contributed by atoms with E-state index >= 15 is 0 Å². The molecule has 0 amide bonds. The highest BCUT2D eigenvalue weighted by molar-refractivity contribution is 7.98. The summed E-state index contributed by atoms with van der Waals surface area (Å²) in [6, 6.07) is 9.58. The summed E-state index contributed by atoms with van der Waals surface area (Å²) in [4.78, 5) is 0. The van der Waals surface area contributed by atoms with Gasteiger partial charge in [-0.05, 0) is 53.6 Å². The molecule has 0 saturated carbocycles. The molecule has 3 heterocycles. The number of benzene rings is 1. The highest BCUT2D eigenvalue weighted by Crippen LogP contribution is 2.26. The van der Waals surface area contributed by atoms with Crippen LogP contribution in [0.25, 0.3) is 17.3 Å². The molecule has 8 nitrogen and oxygen atoms in total. The van der Waals surface area contributed by atoms with Gasteiger partial charge in [0.15, 0.2) is 5.76 Å². The van der Waals surface area contributed by atoms with E-state index < -0.39 is 0 Å². The Hall–Kier alpha value is -2.94. The van der Waals surface area contributed by atoms with Gasteiger partial charge in [-0.15, -0.1) is 15.3 Å².